The summed E-state index contributed by atoms with van der Waals surface area (Å²) < 4.78 is 0. The Morgan fingerprint density at radius 1 is 1.60 bits per heavy atom. The molecule has 0 aliphatic carbocycles. The van der Waals surface area contributed by atoms with Crippen molar-refractivity contribution in [2.75, 3.05) is 6.54 Å². The number of nitrogens with zero attached hydrogens (tertiary/aromatic N) is 1. The van der Waals surface area contributed by atoms with Gasteiger partial charge >= 0.3 is 0 Å². The normalized spacial score (nSPS) is 29.1. The van der Waals surface area contributed by atoms with Crippen molar-refractivity contribution in [1.82, 2.24) is 10.3 Å². The van der Waals surface area contributed by atoms with E-state index in [1.54, 1.807) is 0 Å². The Morgan fingerprint density at radius 2 is 2.27 bits per heavy atom. The van der Waals surface area contributed by atoms with Crippen LogP contribution >= 0.6 is 0 Å². The molecule has 4 heteroatoms. The summed E-state index contributed by atoms with van der Waals surface area (Å²) in [5, 5.41) is 0. The number of hydrogen-bond donors (Lipinski definition) is 2. The Balaban J connectivity index is 2.66. The van der Waals surface area contributed by atoms with Gasteiger partial charge in [-0.2, -0.15) is 0 Å². The molecule has 1 aliphatic rings. The highest BCUT2D eigenvalue weighted by atomic mass is 16.2. The lowest BCUT2D eigenvalue weighted by Gasteiger charge is -2.29. The van der Waals surface area contributed by atoms with Crippen LogP contribution in [0.2, 0.25) is 0 Å². The van der Waals surface area contributed by atoms with Crippen LogP contribution < -0.4 is 11.3 Å². The number of amides is 1. The van der Waals surface area contributed by atoms with Crippen LogP contribution in [0, 0.1) is 5.92 Å². The van der Waals surface area contributed by atoms with Gasteiger partial charge < -0.3 is 0 Å². The first-order chi connectivity index (χ1) is 7.10. The average Bonchev–Trinajstić information content (AvgIpc) is 2.53. The third kappa shape index (κ3) is 2.92. The summed E-state index contributed by atoms with van der Waals surface area (Å²) in [4.78, 5) is 14.0. The number of likely N-dealkylation sites (tertiary alicyclic amines) is 1. The number of carbonyl (C=O) groups excluding carboxylic acids is 1. The number of rotatable bonds is 4. The van der Waals surface area contributed by atoms with E-state index in [4.69, 9.17) is 5.84 Å². The van der Waals surface area contributed by atoms with Gasteiger partial charge in [-0.3, -0.25) is 15.1 Å². The Kier molecular flexibility index (Phi) is 4.54. The molecule has 1 heterocycles. The largest absolute Gasteiger partial charge is 0.293 e. The molecule has 1 fully saturated rings. The first kappa shape index (κ1) is 12.5. The van der Waals surface area contributed by atoms with Crippen LogP contribution in [0.4, 0.5) is 0 Å². The number of hydrogen-bond acceptors (Lipinski definition) is 3. The zero-order chi connectivity index (χ0) is 11.4. The SMILES string of the molecule is CCCC(C(=O)NN)N1CC(C)CC1C. The monoisotopic (exact) mass is 213 g/mol. The van der Waals surface area contributed by atoms with Crippen LogP contribution in [0.15, 0.2) is 0 Å². The number of hydrazine groups is 1. The molecule has 0 aromatic carbocycles. The van der Waals surface area contributed by atoms with Gasteiger partial charge in [0.2, 0.25) is 0 Å². The first-order valence-corrected chi connectivity index (χ1v) is 5.86. The molecule has 3 unspecified atom stereocenters. The molecule has 0 bridgehead atoms. The number of carbonyl (C=O) groups is 1. The topological polar surface area (TPSA) is 58.4 Å². The smallest absolute Gasteiger partial charge is 0.251 e. The van der Waals surface area contributed by atoms with Gasteiger partial charge in [0.25, 0.3) is 5.91 Å². The first-order valence-electron chi connectivity index (χ1n) is 5.86. The fourth-order valence-corrected chi connectivity index (χ4v) is 2.58. The highest BCUT2D eigenvalue weighted by Gasteiger charge is 2.34. The summed E-state index contributed by atoms with van der Waals surface area (Å²) in [5.41, 5.74) is 2.28. The molecule has 3 N–H and O–H groups in total. The average molecular weight is 213 g/mol. The second-order valence-corrected chi connectivity index (χ2v) is 4.70. The summed E-state index contributed by atoms with van der Waals surface area (Å²) in [7, 11) is 0. The summed E-state index contributed by atoms with van der Waals surface area (Å²) in [6.45, 7) is 7.54. The molecule has 0 spiro atoms. The number of nitrogens with one attached hydrogen (secondary N) is 1. The molecule has 1 amide bonds. The molecule has 1 rings (SSSR count). The maximum atomic E-state index is 11.7. The molecule has 4 nitrogen and oxygen atoms in total. The van der Waals surface area contributed by atoms with Gasteiger partial charge in [0, 0.05) is 12.6 Å². The third-order valence-electron chi connectivity index (χ3n) is 3.24. The minimum Gasteiger partial charge on any atom is -0.293 e. The van der Waals surface area contributed by atoms with E-state index in [-0.39, 0.29) is 11.9 Å². The molecule has 88 valence electrons. The van der Waals surface area contributed by atoms with Gasteiger partial charge in [-0.1, -0.05) is 20.3 Å². The van der Waals surface area contributed by atoms with Crippen LogP contribution in [0.3, 0.4) is 0 Å². The zero-order valence-corrected chi connectivity index (χ0v) is 9.99. The maximum Gasteiger partial charge on any atom is 0.251 e. The Hall–Kier alpha value is -0.610. The predicted molar refractivity (Wildman–Crippen MR) is 61.0 cm³/mol. The molecule has 1 saturated heterocycles. The van der Waals surface area contributed by atoms with Gasteiger partial charge in [0.1, 0.15) is 0 Å². The van der Waals surface area contributed by atoms with Gasteiger partial charge in [-0.15, -0.1) is 0 Å². The highest BCUT2D eigenvalue weighted by molar-refractivity contribution is 5.81. The van der Waals surface area contributed by atoms with E-state index in [1.807, 2.05) is 0 Å². The predicted octanol–water partition coefficient (Wildman–Crippen LogP) is 0.875. The molecular formula is C11H23N3O. The summed E-state index contributed by atoms with van der Waals surface area (Å²) in [5.74, 6) is 5.87. The Morgan fingerprint density at radius 3 is 2.67 bits per heavy atom. The van der Waals surface area contributed by atoms with E-state index in [0.29, 0.717) is 12.0 Å². The van der Waals surface area contributed by atoms with Crippen molar-refractivity contribution in [3.8, 4) is 0 Å². The standard InChI is InChI=1S/C11H23N3O/c1-4-5-10(11(15)13-12)14-7-8(2)6-9(14)3/h8-10H,4-7,12H2,1-3H3,(H,13,15). The lowest BCUT2D eigenvalue weighted by Crippen LogP contribution is -2.50. The van der Waals surface area contributed by atoms with Gasteiger partial charge in [-0.25, -0.2) is 5.84 Å². The van der Waals surface area contributed by atoms with Crippen LogP contribution in [0.1, 0.15) is 40.0 Å². The van der Waals surface area contributed by atoms with Crippen molar-refractivity contribution >= 4 is 5.91 Å². The molecule has 0 aromatic heterocycles. The van der Waals surface area contributed by atoms with Gasteiger partial charge in [0.15, 0.2) is 0 Å². The minimum absolute atomic E-state index is 0.0417. The minimum atomic E-state index is -0.0437. The van der Waals surface area contributed by atoms with Crippen molar-refractivity contribution in [1.29, 1.82) is 0 Å². The van der Waals surface area contributed by atoms with Crippen LogP contribution in [0.5, 0.6) is 0 Å². The van der Waals surface area contributed by atoms with Crippen LogP contribution in [-0.4, -0.2) is 29.4 Å². The van der Waals surface area contributed by atoms with E-state index < -0.39 is 0 Å². The fourth-order valence-electron chi connectivity index (χ4n) is 2.58. The quantitative estimate of drug-likeness (QED) is 0.414. The summed E-state index contributed by atoms with van der Waals surface area (Å²) >= 11 is 0. The van der Waals surface area contributed by atoms with Crippen molar-refractivity contribution in [3.05, 3.63) is 0 Å². The van der Waals surface area contributed by atoms with Crippen molar-refractivity contribution in [2.45, 2.75) is 52.1 Å². The van der Waals surface area contributed by atoms with E-state index in [0.717, 1.165) is 19.4 Å². The molecule has 0 saturated carbocycles. The molecular weight excluding hydrogens is 190 g/mol. The molecule has 0 aromatic rings. The van der Waals surface area contributed by atoms with Crippen LogP contribution in [0.25, 0.3) is 0 Å². The Bertz CT molecular complexity index is 220. The van der Waals surface area contributed by atoms with Crippen molar-refractivity contribution in [3.63, 3.8) is 0 Å². The lowest BCUT2D eigenvalue weighted by atomic mass is 10.1. The second kappa shape index (κ2) is 5.47. The molecule has 3 atom stereocenters. The Labute approximate surface area is 92.2 Å². The van der Waals surface area contributed by atoms with E-state index in [1.165, 1.54) is 6.42 Å². The van der Waals surface area contributed by atoms with Crippen molar-refractivity contribution in [2.24, 2.45) is 11.8 Å². The van der Waals surface area contributed by atoms with Crippen molar-refractivity contribution < 1.29 is 4.79 Å². The molecule has 1 aliphatic heterocycles. The molecule has 0 radical (unpaired) electrons. The second-order valence-electron chi connectivity index (χ2n) is 4.70. The molecule has 15 heavy (non-hydrogen) atoms. The lowest BCUT2D eigenvalue weighted by molar-refractivity contribution is -0.127. The van der Waals surface area contributed by atoms with E-state index in [2.05, 4.69) is 31.1 Å². The van der Waals surface area contributed by atoms with E-state index >= 15 is 0 Å². The third-order valence-corrected chi connectivity index (χ3v) is 3.24. The highest BCUT2D eigenvalue weighted by Crippen LogP contribution is 2.26. The van der Waals surface area contributed by atoms with E-state index in [9.17, 15) is 4.79 Å². The summed E-state index contributed by atoms with van der Waals surface area (Å²) in [6, 6.07) is 0.453. The maximum absolute atomic E-state index is 11.7. The van der Waals surface area contributed by atoms with Gasteiger partial charge in [0.05, 0.1) is 6.04 Å². The fraction of sp³-hybridized carbons (Fsp3) is 0.909. The van der Waals surface area contributed by atoms with Crippen LogP contribution in [-0.2, 0) is 4.79 Å². The number of nitrogens with two attached hydrogens (primary N) is 1. The van der Waals surface area contributed by atoms with Gasteiger partial charge in [-0.05, 0) is 25.7 Å². The summed E-state index contributed by atoms with van der Waals surface area (Å²) in [6.07, 6.45) is 3.08. The zero-order valence-electron chi connectivity index (χ0n) is 9.99.